The van der Waals surface area contributed by atoms with Gasteiger partial charge in [0.15, 0.2) is 0 Å². The van der Waals surface area contributed by atoms with Crippen LogP contribution in [0.2, 0.25) is 5.02 Å². The van der Waals surface area contributed by atoms with Gasteiger partial charge in [-0.1, -0.05) is 41.9 Å². The zero-order valence-electron chi connectivity index (χ0n) is 13.4. The second-order valence-corrected chi connectivity index (χ2v) is 7.48. The molecule has 1 atom stereocenters. The van der Waals surface area contributed by atoms with Crippen molar-refractivity contribution in [3.63, 3.8) is 0 Å². The van der Waals surface area contributed by atoms with Crippen LogP contribution in [0.15, 0.2) is 59.5 Å². The second-order valence-electron chi connectivity index (χ2n) is 5.33. The normalized spacial score (nSPS) is 12.6. The molecule has 0 saturated heterocycles. The molecule has 0 aliphatic carbocycles. The highest BCUT2D eigenvalue weighted by Gasteiger charge is 2.25. The van der Waals surface area contributed by atoms with E-state index in [9.17, 15) is 13.2 Å². The first-order valence-electron chi connectivity index (χ1n) is 7.63. The molecule has 6 nitrogen and oxygen atoms in total. The molecule has 3 N–H and O–H groups in total. The van der Waals surface area contributed by atoms with Gasteiger partial charge >= 0.3 is 0 Å². The van der Waals surface area contributed by atoms with Crippen LogP contribution in [0.5, 0.6) is 0 Å². The Labute approximate surface area is 151 Å². The SMILES string of the molecule is O=C(NCCO)[C@H](Cc1ccccc1)NS(=O)(=O)c1ccc(Cl)cc1. The summed E-state index contributed by atoms with van der Waals surface area (Å²) in [5.74, 6) is -0.504. The molecule has 0 aromatic heterocycles. The zero-order chi connectivity index (χ0) is 18.3. The van der Waals surface area contributed by atoms with E-state index in [0.29, 0.717) is 5.02 Å². The number of carbonyl (C=O) groups is 1. The molecule has 2 aromatic rings. The van der Waals surface area contributed by atoms with Crippen LogP contribution in [0, 0.1) is 0 Å². The fraction of sp³-hybridized carbons (Fsp3) is 0.235. The van der Waals surface area contributed by atoms with E-state index in [-0.39, 0.29) is 24.5 Å². The van der Waals surface area contributed by atoms with E-state index in [1.165, 1.54) is 24.3 Å². The maximum atomic E-state index is 12.5. The van der Waals surface area contributed by atoms with Gasteiger partial charge in [-0.05, 0) is 36.2 Å². The number of aliphatic hydroxyl groups is 1. The lowest BCUT2D eigenvalue weighted by Crippen LogP contribution is -2.48. The van der Waals surface area contributed by atoms with Gasteiger partial charge in [0, 0.05) is 11.6 Å². The molecule has 134 valence electrons. The van der Waals surface area contributed by atoms with Gasteiger partial charge in [-0.15, -0.1) is 0 Å². The Balaban J connectivity index is 2.22. The zero-order valence-corrected chi connectivity index (χ0v) is 14.9. The maximum Gasteiger partial charge on any atom is 0.241 e. The summed E-state index contributed by atoms with van der Waals surface area (Å²) in [6.07, 6.45) is 0.185. The van der Waals surface area contributed by atoms with Gasteiger partial charge in [0.05, 0.1) is 11.5 Å². The maximum absolute atomic E-state index is 12.5. The van der Waals surface area contributed by atoms with Gasteiger partial charge in [-0.3, -0.25) is 4.79 Å². The van der Waals surface area contributed by atoms with Crippen molar-refractivity contribution in [2.75, 3.05) is 13.2 Å². The van der Waals surface area contributed by atoms with Crippen LogP contribution in [-0.2, 0) is 21.2 Å². The number of benzene rings is 2. The summed E-state index contributed by atoms with van der Waals surface area (Å²) in [7, 11) is -3.90. The first kappa shape index (κ1) is 19.4. The molecular weight excluding hydrogens is 364 g/mol. The van der Waals surface area contributed by atoms with E-state index in [4.69, 9.17) is 16.7 Å². The third kappa shape index (κ3) is 5.82. The Morgan fingerprint density at radius 1 is 1.08 bits per heavy atom. The van der Waals surface area contributed by atoms with Crippen molar-refractivity contribution in [2.24, 2.45) is 0 Å². The van der Waals surface area contributed by atoms with E-state index in [1.807, 2.05) is 30.3 Å². The van der Waals surface area contributed by atoms with Crippen molar-refractivity contribution in [1.82, 2.24) is 10.0 Å². The van der Waals surface area contributed by atoms with Crippen molar-refractivity contribution >= 4 is 27.5 Å². The minimum absolute atomic E-state index is 0.0184. The Morgan fingerprint density at radius 3 is 2.32 bits per heavy atom. The molecule has 0 aliphatic heterocycles. The van der Waals surface area contributed by atoms with E-state index < -0.39 is 22.0 Å². The topological polar surface area (TPSA) is 95.5 Å². The quantitative estimate of drug-likeness (QED) is 0.642. The van der Waals surface area contributed by atoms with Gasteiger partial charge in [-0.25, -0.2) is 8.42 Å². The average molecular weight is 383 g/mol. The lowest BCUT2D eigenvalue weighted by Gasteiger charge is -2.18. The van der Waals surface area contributed by atoms with E-state index in [2.05, 4.69) is 10.0 Å². The molecular formula is C17H19ClN2O4S. The molecule has 0 spiro atoms. The minimum Gasteiger partial charge on any atom is -0.395 e. The first-order chi connectivity index (χ1) is 11.9. The lowest BCUT2D eigenvalue weighted by atomic mass is 10.1. The van der Waals surface area contributed by atoms with Crippen molar-refractivity contribution in [1.29, 1.82) is 0 Å². The number of hydrogen-bond acceptors (Lipinski definition) is 4. The molecule has 0 fully saturated rings. The highest BCUT2D eigenvalue weighted by molar-refractivity contribution is 7.89. The van der Waals surface area contributed by atoms with Crippen LogP contribution < -0.4 is 10.0 Å². The predicted octanol–water partition coefficient (Wildman–Crippen LogP) is 1.34. The molecule has 0 heterocycles. The van der Waals surface area contributed by atoms with Crippen molar-refractivity contribution in [3.8, 4) is 0 Å². The number of aliphatic hydroxyl groups excluding tert-OH is 1. The van der Waals surface area contributed by atoms with Crippen LogP contribution in [0.1, 0.15) is 5.56 Å². The van der Waals surface area contributed by atoms with E-state index in [0.717, 1.165) is 5.56 Å². The van der Waals surface area contributed by atoms with Crippen molar-refractivity contribution < 1.29 is 18.3 Å². The minimum atomic E-state index is -3.90. The van der Waals surface area contributed by atoms with Crippen LogP contribution in [-0.4, -0.2) is 38.6 Å². The summed E-state index contributed by atoms with van der Waals surface area (Å²) in [5.41, 5.74) is 0.811. The summed E-state index contributed by atoms with van der Waals surface area (Å²) < 4.78 is 27.5. The Bertz CT molecular complexity index is 795. The summed E-state index contributed by atoms with van der Waals surface area (Å²) in [4.78, 5) is 12.3. The summed E-state index contributed by atoms with van der Waals surface area (Å²) >= 11 is 5.78. The molecule has 1 amide bonds. The Morgan fingerprint density at radius 2 is 1.72 bits per heavy atom. The third-order valence-electron chi connectivity index (χ3n) is 3.43. The fourth-order valence-corrected chi connectivity index (χ4v) is 3.53. The summed E-state index contributed by atoms with van der Waals surface area (Å²) in [6, 6.07) is 13.7. The van der Waals surface area contributed by atoms with Crippen molar-refractivity contribution in [2.45, 2.75) is 17.4 Å². The number of hydrogen-bond donors (Lipinski definition) is 3. The third-order valence-corrected chi connectivity index (χ3v) is 5.17. The lowest BCUT2D eigenvalue weighted by molar-refractivity contribution is -0.122. The molecule has 0 unspecified atom stereocenters. The van der Waals surface area contributed by atoms with Crippen LogP contribution in [0.3, 0.4) is 0 Å². The Kier molecular flexibility index (Phi) is 6.95. The smallest absolute Gasteiger partial charge is 0.241 e. The largest absolute Gasteiger partial charge is 0.395 e. The number of rotatable bonds is 8. The molecule has 0 bridgehead atoms. The standard InChI is InChI=1S/C17H19ClN2O4S/c18-14-6-8-15(9-7-14)25(23,24)20-16(17(22)19-10-11-21)12-13-4-2-1-3-5-13/h1-9,16,20-21H,10-12H2,(H,19,22)/t16-/m0/s1. The highest BCUT2D eigenvalue weighted by Crippen LogP contribution is 2.15. The molecule has 0 radical (unpaired) electrons. The number of amides is 1. The van der Waals surface area contributed by atoms with Gasteiger partial charge < -0.3 is 10.4 Å². The van der Waals surface area contributed by atoms with Crippen LogP contribution >= 0.6 is 11.6 Å². The summed E-state index contributed by atoms with van der Waals surface area (Å²) in [6.45, 7) is -0.180. The number of sulfonamides is 1. The summed E-state index contributed by atoms with van der Waals surface area (Å²) in [5, 5.41) is 11.8. The van der Waals surface area contributed by atoms with Gasteiger partial charge in [0.1, 0.15) is 6.04 Å². The first-order valence-corrected chi connectivity index (χ1v) is 9.49. The average Bonchev–Trinajstić information content (AvgIpc) is 2.60. The Hall–Kier alpha value is -1.93. The van der Waals surface area contributed by atoms with Gasteiger partial charge in [-0.2, -0.15) is 4.72 Å². The molecule has 0 saturated carbocycles. The predicted molar refractivity (Wildman–Crippen MR) is 95.8 cm³/mol. The number of carbonyl (C=O) groups excluding carboxylic acids is 1. The number of nitrogens with one attached hydrogen (secondary N) is 2. The monoisotopic (exact) mass is 382 g/mol. The second kappa shape index (κ2) is 8.96. The van der Waals surface area contributed by atoms with Gasteiger partial charge in [0.25, 0.3) is 0 Å². The number of halogens is 1. The van der Waals surface area contributed by atoms with Crippen LogP contribution in [0.4, 0.5) is 0 Å². The van der Waals surface area contributed by atoms with Crippen LogP contribution in [0.25, 0.3) is 0 Å². The highest BCUT2D eigenvalue weighted by atomic mass is 35.5. The molecule has 25 heavy (non-hydrogen) atoms. The van der Waals surface area contributed by atoms with E-state index >= 15 is 0 Å². The molecule has 0 aliphatic rings. The molecule has 8 heteroatoms. The van der Waals surface area contributed by atoms with Crippen molar-refractivity contribution in [3.05, 3.63) is 65.2 Å². The van der Waals surface area contributed by atoms with Gasteiger partial charge in [0.2, 0.25) is 15.9 Å². The molecule has 2 aromatic carbocycles. The molecule has 2 rings (SSSR count). The fourth-order valence-electron chi connectivity index (χ4n) is 2.21. The van der Waals surface area contributed by atoms with E-state index in [1.54, 1.807) is 0 Å².